The zero-order valence-electron chi connectivity index (χ0n) is 11.8. The second kappa shape index (κ2) is 5.59. The number of rotatable bonds is 4. The first-order valence-electron chi connectivity index (χ1n) is 7.25. The summed E-state index contributed by atoms with van der Waals surface area (Å²) in [5.41, 5.74) is 1.79. The minimum atomic E-state index is 0.203. The maximum atomic E-state index is 4.73. The third-order valence-electron chi connectivity index (χ3n) is 3.51. The van der Waals surface area contributed by atoms with Crippen LogP contribution in [0, 0.1) is 0 Å². The van der Waals surface area contributed by atoms with E-state index in [-0.39, 0.29) is 14.5 Å². The summed E-state index contributed by atoms with van der Waals surface area (Å²) in [6, 6.07) is 0. The van der Waals surface area contributed by atoms with Crippen LogP contribution in [0.25, 0.3) is 15.6 Å². The van der Waals surface area contributed by atoms with Crippen molar-refractivity contribution in [3.63, 3.8) is 0 Å². The summed E-state index contributed by atoms with van der Waals surface area (Å²) in [7, 11) is 0. The van der Waals surface area contributed by atoms with E-state index in [1.54, 1.807) is 22.6 Å². The molecule has 0 saturated carbocycles. The Morgan fingerprint density at radius 3 is 2.95 bits per heavy atom. The maximum absolute atomic E-state index is 4.73. The normalized spacial score (nSPS) is 15.6. The van der Waals surface area contributed by atoms with Crippen molar-refractivity contribution >= 4 is 46.5 Å². The van der Waals surface area contributed by atoms with Crippen LogP contribution in [0.2, 0.25) is 0 Å². The summed E-state index contributed by atoms with van der Waals surface area (Å²) in [6.07, 6.45) is 5.42. The van der Waals surface area contributed by atoms with Gasteiger partial charge in [-0.1, -0.05) is 0 Å². The molecule has 0 unspecified atom stereocenters. The predicted octanol–water partition coefficient (Wildman–Crippen LogP) is 1.83. The Morgan fingerprint density at radius 2 is 2.14 bits per heavy atom. The molecule has 1 saturated heterocycles. The topological polar surface area (TPSA) is 59.2 Å². The van der Waals surface area contributed by atoms with Gasteiger partial charge in [0.1, 0.15) is 0 Å². The quantitative estimate of drug-likeness (QED) is 0.518. The van der Waals surface area contributed by atoms with Crippen LogP contribution >= 0.6 is 11.8 Å². The van der Waals surface area contributed by atoms with Gasteiger partial charge in [-0.25, -0.2) is 0 Å². The fraction of sp³-hybridized carbons (Fsp3) is 0.538. The first-order chi connectivity index (χ1) is 10.3. The zero-order chi connectivity index (χ0) is 14.2. The molecule has 110 valence electrons. The Morgan fingerprint density at radius 1 is 1.29 bits per heavy atom. The summed E-state index contributed by atoms with van der Waals surface area (Å²) in [5, 5.41) is 5.35. The zero-order valence-corrected chi connectivity index (χ0v) is 14.3. The van der Waals surface area contributed by atoms with Crippen LogP contribution in [-0.2, 0) is 0 Å². The third kappa shape index (κ3) is 2.45. The van der Waals surface area contributed by atoms with Crippen molar-refractivity contribution in [3.05, 3.63) is 6.33 Å². The minimum absolute atomic E-state index is 0.203. The fourth-order valence-electron chi connectivity index (χ4n) is 2.48. The Hall–Kier alpha value is -1.11. The molecule has 4 rings (SSSR count). The van der Waals surface area contributed by atoms with Crippen molar-refractivity contribution < 1.29 is 0 Å². The number of nitrogens with zero attached hydrogens (tertiary/aromatic N) is 6. The van der Waals surface area contributed by atoms with Gasteiger partial charge in [-0.15, -0.1) is 0 Å². The summed E-state index contributed by atoms with van der Waals surface area (Å²) in [4.78, 5) is 16.3. The average Bonchev–Trinajstić information content (AvgIpc) is 3.20. The molecule has 3 aromatic rings. The molecule has 0 aliphatic carbocycles. The first kappa shape index (κ1) is 13.5. The van der Waals surface area contributed by atoms with E-state index in [0.717, 1.165) is 41.7 Å². The molecule has 8 heteroatoms. The standard InChI is InChI=1S/C13H16N6SSe/c1-2-7-20-12-16-11-9-10(14-8-19(11)17-12)15-13(21-9)18-5-3-4-6-18/h8H,2-7H2,1H3. The van der Waals surface area contributed by atoms with E-state index in [0.29, 0.717) is 0 Å². The Labute approximate surface area is 132 Å². The van der Waals surface area contributed by atoms with Crippen LogP contribution in [0.4, 0.5) is 4.69 Å². The number of anilines is 1. The Balaban J connectivity index is 1.78. The number of thioether (sulfide) groups is 1. The second-order valence-corrected chi connectivity index (χ2v) is 8.21. The van der Waals surface area contributed by atoms with E-state index >= 15 is 0 Å². The van der Waals surface area contributed by atoms with Crippen LogP contribution in [0.1, 0.15) is 26.2 Å². The molecule has 1 aliphatic heterocycles. The second-order valence-electron chi connectivity index (χ2n) is 5.10. The molecule has 0 bridgehead atoms. The molecule has 0 atom stereocenters. The molecule has 4 heterocycles. The molecule has 0 amide bonds. The van der Waals surface area contributed by atoms with Crippen LogP contribution in [0.3, 0.4) is 0 Å². The van der Waals surface area contributed by atoms with E-state index in [4.69, 9.17) is 4.98 Å². The summed E-state index contributed by atoms with van der Waals surface area (Å²) >= 11 is 1.91. The van der Waals surface area contributed by atoms with Gasteiger partial charge in [0.05, 0.1) is 0 Å². The van der Waals surface area contributed by atoms with E-state index in [1.807, 2.05) is 0 Å². The van der Waals surface area contributed by atoms with Crippen molar-refractivity contribution in [1.29, 1.82) is 0 Å². The van der Waals surface area contributed by atoms with Gasteiger partial charge in [-0.2, -0.15) is 0 Å². The Bertz CT molecular complexity index is 776. The van der Waals surface area contributed by atoms with Crippen LogP contribution in [0.5, 0.6) is 0 Å². The monoisotopic (exact) mass is 368 g/mol. The van der Waals surface area contributed by atoms with Crippen molar-refractivity contribution in [2.24, 2.45) is 0 Å². The van der Waals surface area contributed by atoms with Crippen molar-refractivity contribution in [2.45, 2.75) is 31.3 Å². The molecule has 1 fully saturated rings. The molecule has 1 aliphatic rings. The molecule has 21 heavy (non-hydrogen) atoms. The molecule has 0 spiro atoms. The molecule has 3 aromatic heterocycles. The van der Waals surface area contributed by atoms with Gasteiger partial charge < -0.3 is 0 Å². The summed E-state index contributed by atoms with van der Waals surface area (Å²) in [5.74, 6) is 1.05. The molecular formula is C13H16N6SSe. The average molecular weight is 367 g/mol. The van der Waals surface area contributed by atoms with Crippen LogP contribution in [0.15, 0.2) is 11.5 Å². The van der Waals surface area contributed by atoms with Gasteiger partial charge in [0.2, 0.25) is 0 Å². The summed E-state index contributed by atoms with van der Waals surface area (Å²) in [6.45, 7) is 4.44. The van der Waals surface area contributed by atoms with Gasteiger partial charge in [-0.05, 0) is 0 Å². The van der Waals surface area contributed by atoms with Crippen molar-refractivity contribution in [3.8, 4) is 0 Å². The van der Waals surface area contributed by atoms with Crippen LogP contribution in [-0.4, -0.2) is 57.9 Å². The van der Waals surface area contributed by atoms with Gasteiger partial charge >= 0.3 is 132 Å². The van der Waals surface area contributed by atoms with E-state index in [2.05, 4.69) is 26.9 Å². The fourth-order valence-corrected chi connectivity index (χ4v) is 5.36. The van der Waals surface area contributed by atoms with Gasteiger partial charge in [0.25, 0.3) is 0 Å². The number of hydrogen-bond acceptors (Lipinski definition) is 6. The third-order valence-corrected chi connectivity index (χ3v) is 6.87. The summed E-state index contributed by atoms with van der Waals surface area (Å²) < 4.78 is 4.20. The number of hydrogen-bond donors (Lipinski definition) is 0. The Kier molecular flexibility index (Phi) is 3.60. The first-order valence-corrected chi connectivity index (χ1v) is 9.94. The number of aromatic nitrogens is 5. The van der Waals surface area contributed by atoms with Gasteiger partial charge in [-0.3, -0.25) is 0 Å². The van der Waals surface area contributed by atoms with Crippen molar-refractivity contribution in [2.75, 3.05) is 23.7 Å². The van der Waals surface area contributed by atoms with Crippen molar-refractivity contribution in [1.82, 2.24) is 24.6 Å². The molecule has 6 nitrogen and oxygen atoms in total. The van der Waals surface area contributed by atoms with Crippen LogP contribution < -0.4 is 4.90 Å². The van der Waals surface area contributed by atoms with E-state index in [1.165, 1.54) is 21.8 Å². The number of fused-ring (bicyclic) bond motifs is 3. The molecule has 0 aromatic carbocycles. The molecule has 0 N–H and O–H groups in total. The SMILES string of the molecule is CCCSc1nc2c3[se]c(N4CCCC4)nc3ncn2n1. The predicted molar refractivity (Wildman–Crippen MR) is 85.5 cm³/mol. The van der Waals surface area contributed by atoms with E-state index < -0.39 is 0 Å². The molecular weight excluding hydrogens is 351 g/mol. The van der Waals surface area contributed by atoms with Gasteiger partial charge in [0.15, 0.2) is 0 Å². The van der Waals surface area contributed by atoms with Gasteiger partial charge in [0, 0.05) is 0 Å². The van der Waals surface area contributed by atoms with E-state index in [9.17, 15) is 0 Å². The molecule has 0 radical (unpaired) electrons.